The molecule has 6 nitrogen and oxygen atoms in total. The molecule has 0 radical (unpaired) electrons. The van der Waals surface area contributed by atoms with Gasteiger partial charge in [0.15, 0.2) is 0 Å². The van der Waals surface area contributed by atoms with Gasteiger partial charge in [0.05, 0.1) is 24.6 Å². The van der Waals surface area contributed by atoms with Crippen molar-refractivity contribution in [3.63, 3.8) is 0 Å². The normalized spacial score (nSPS) is 12.4. The quantitative estimate of drug-likeness (QED) is 0.741. The van der Waals surface area contributed by atoms with Crippen LogP contribution < -0.4 is 0 Å². The van der Waals surface area contributed by atoms with Crippen LogP contribution in [0.1, 0.15) is 26.7 Å². The summed E-state index contributed by atoms with van der Waals surface area (Å²) < 4.78 is 7.32. The molecule has 0 fully saturated rings. The van der Waals surface area contributed by atoms with Gasteiger partial charge in [0.25, 0.3) is 0 Å². The van der Waals surface area contributed by atoms with Gasteiger partial charge in [-0.1, -0.05) is 25.9 Å². The number of rotatable bonds is 4. The molecule has 3 aromatic rings. The van der Waals surface area contributed by atoms with Gasteiger partial charge in [0.2, 0.25) is 11.7 Å². The summed E-state index contributed by atoms with van der Waals surface area (Å²) in [5, 5.41) is 4.08. The first kappa shape index (κ1) is 14.7. The molecule has 3 rings (SSSR count). The Morgan fingerprint density at radius 1 is 1.32 bits per heavy atom. The lowest BCUT2D eigenvalue weighted by Gasteiger charge is -2.25. The lowest BCUT2D eigenvalue weighted by Crippen LogP contribution is -2.28. The molecule has 0 aliphatic heterocycles. The highest BCUT2D eigenvalue weighted by Gasteiger charge is 2.16. The summed E-state index contributed by atoms with van der Waals surface area (Å²) in [6.45, 7) is 8.25. The van der Waals surface area contributed by atoms with Crippen LogP contribution >= 0.6 is 0 Å². The predicted octanol–water partition coefficient (Wildman–Crippen LogP) is 2.86. The first-order valence-corrected chi connectivity index (χ1v) is 7.34. The van der Waals surface area contributed by atoms with E-state index in [0.29, 0.717) is 18.3 Å². The third-order valence-corrected chi connectivity index (χ3v) is 3.29. The summed E-state index contributed by atoms with van der Waals surface area (Å²) in [7, 11) is 2.06. The van der Waals surface area contributed by atoms with Gasteiger partial charge in [-0.25, -0.2) is 4.98 Å². The number of imidazole rings is 1. The van der Waals surface area contributed by atoms with Crippen molar-refractivity contribution >= 4 is 5.52 Å². The first-order chi connectivity index (χ1) is 10.4. The molecule has 0 saturated carbocycles. The Morgan fingerprint density at radius 2 is 2.14 bits per heavy atom. The average molecular weight is 299 g/mol. The van der Waals surface area contributed by atoms with Crippen LogP contribution in [0.5, 0.6) is 0 Å². The topological polar surface area (TPSA) is 59.5 Å². The molecular weight excluding hydrogens is 278 g/mol. The Morgan fingerprint density at radius 3 is 2.91 bits per heavy atom. The largest absolute Gasteiger partial charge is 0.338 e. The number of hydrogen-bond acceptors (Lipinski definition) is 5. The molecule has 0 spiro atoms. The van der Waals surface area contributed by atoms with Crippen LogP contribution in [-0.2, 0) is 6.54 Å². The average Bonchev–Trinajstić information content (AvgIpc) is 3.03. The van der Waals surface area contributed by atoms with E-state index in [9.17, 15) is 0 Å². The molecule has 22 heavy (non-hydrogen) atoms. The maximum atomic E-state index is 5.37. The standard InChI is InChI=1S/C16H21N5O/c1-16(2,3)10-20(4)9-14-18-15(19-22-14)12-5-6-21-11-17-8-13(21)7-12/h5-8,11H,9-10H2,1-4H3. The van der Waals surface area contributed by atoms with Crippen molar-refractivity contribution in [3.8, 4) is 11.4 Å². The zero-order valence-electron chi connectivity index (χ0n) is 13.4. The van der Waals surface area contributed by atoms with Crippen molar-refractivity contribution in [2.45, 2.75) is 27.3 Å². The summed E-state index contributed by atoms with van der Waals surface area (Å²) in [4.78, 5) is 10.8. The SMILES string of the molecule is CN(Cc1nc(-c2ccn3cncc3c2)no1)CC(C)(C)C. The maximum absolute atomic E-state index is 5.37. The smallest absolute Gasteiger partial charge is 0.241 e. The van der Waals surface area contributed by atoms with Crippen LogP contribution in [0.3, 0.4) is 0 Å². The predicted molar refractivity (Wildman–Crippen MR) is 84.3 cm³/mol. The molecule has 0 saturated heterocycles. The molecule has 0 bridgehead atoms. The molecule has 0 aliphatic carbocycles. The third kappa shape index (κ3) is 3.33. The number of pyridine rings is 1. The van der Waals surface area contributed by atoms with Crippen molar-refractivity contribution in [2.75, 3.05) is 13.6 Å². The van der Waals surface area contributed by atoms with Gasteiger partial charge in [-0.05, 0) is 24.6 Å². The summed E-state index contributed by atoms with van der Waals surface area (Å²) in [5.41, 5.74) is 2.18. The van der Waals surface area contributed by atoms with Gasteiger partial charge in [0.1, 0.15) is 0 Å². The molecule has 116 valence electrons. The summed E-state index contributed by atoms with van der Waals surface area (Å²) >= 11 is 0. The van der Waals surface area contributed by atoms with E-state index in [1.807, 2.05) is 28.9 Å². The van der Waals surface area contributed by atoms with Gasteiger partial charge in [-0.3, -0.25) is 4.90 Å². The highest BCUT2D eigenvalue weighted by Crippen LogP contribution is 2.19. The fraction of sp³-hybridized carbons (Fsp3) is 0.438. The molecule has 0 aromatic carbocycles. The number of nitrogens with zero attached hydrogens (tertiary/aromatic N) is 5. The Bertz CT molecular complexity index is 768. The lowest BCUT2D eigenvalue weighted by atomic mass is 9.96. The van der Waals surface area contributed by atoms with Crippen LogP contribution in [0.15, 0.2) is 35.4 Å². The van der Waals surface area contributed by atoms with Gasteiger partial charge in [-0.15, -0.1) is 0 Å². The van der Waals surface area contributed by atoms with Gasteiger partial charge < -0.3 is 8.92 Å². The number of fused-ring (bicyclic) bond motifs is 1. The van der Waals surface area contributed by atoms with Crippen molar-refractivity contribution in [3.05, 3.63) is 36.7 Å². The van der Waals surface area contributed by atoms with Crippen LogP contribution in [0.2, 0.25) is 0 Å². The molecule has 0 atom stereocenters. The minimum Gasteiger partial charge on any atom is -0.338 e. The minimum absolute atomic E-state index is 0.241. The van der Waals surface area contributed by atoms with E-state index in [2.05, 4.69) is 47.8 Å². The Balaban J connectivity index is 1.75. The second kappa shape index (κ2) is 5.53. The summed E-state index contributed by atoms with van der Waals surface area (Å²) in [5.74, 6) is 1.25. The maximum Gasteiger partial charge on any atom is 0.241 e. The van der Waals surface area contributed by atoms with Crippen molar-refractivity contribution in [2.24, 2.45) is 5.41 Å². The lowest BCUT2D eigenvalue weighted by molar-refractivity contribution is 0.198. The minimum atomic E-state index is 0.241. The van der Waals surface area contributed by atoms with Crippen molar-refractivity contribution < 1.29 is 4.52 Å². The van der Waals surface area contributed by atoms with E-state index in [1.165, 1.54) is 0 Å². The zero-order valence-corrected chi connectivity index (χ0v) is 13.4. The highest BCUT2D eigenvalue weighted by molar-refractivity contribution is 5.62. The van der Waals surface area contributed by atoms with Gasteiger partial charge in [0, 0.05) is 18.3 Å². The highest BCUT2D eigenvalue weighted by atomic mass is 16.5. The van der Waals surface area contributed by atoms with Gasteiger partial charge >= 0.3 is 0 Å². The van der Waals surface area contributed by atoms with Crippen LogP contribution in [0.4, 0.5) is 0 Å². The summed E-state index contributed by atoms with van der Waals surface area (Å²) in [6.07, 6.45) is 5.52. The van der Waals surface area contributed by atoms with Crippen LogP contribution in [0, 0.1) is 5.41 Å². The Labute approximate surface area is 129 Å². The third-order valence-electron chi connectivity index (χ3n) is 3.29. The molecule has 0 aliphatic rings. The molecular formula is C16H21N5O. The van der Waals surface area contributed by atoms with Crippen LogP contribution in [-0.4, -0.2) is 38.0 Å². The fourth-order valence-corrected chi connectivity index (χ4v) is 2.59. The van der Waals surface area contributed by atoms with E-state index in [1.54, 1.807) is 6.33 Å². The number of hydrogen-bond donors (Lipinski definition) is 0. The Hall–Kier alpha value is -2.21. The fourth-order valence-electron chi connectivity index (χ4n) is 2.59. The van der Waals surface area contributed by atoms with E-state index >= 15 is 0 Å². The number of aromatic nitrogens is 4. The van der Waals surface area contributed by atoms with Crippen molar-refractivity contribution in [1.82, 2.24) is 24.4 Å². The molecule has 3 heterocycles. The van der Waals surface area contributed by atoms with E-state index < -0.39 is 0 Å². The van der Waals surface area contributed by atoms with E-state index in [-0.39, 0.29) is 5.41 Å². The molecule has 6 heteroatoms. The van der Waals surface area contributed by atoms with Gasteiger partial charge in [-0.2, -0.15) is 4.98 Å². The van der Waals surface area contributed by atoms with Crippen molar-refractivity contribution in [1.29, 1.82) is 0 Å². The molecule has 0 N–H and O–H groups in total. The van der Waals surface area contributed by atoms with E-state index in [4.69, 9.17) is 4.52 Å². The second-order valence-corrected chi connectivity index (χ2v) is 6.89. The first-order valence-electron chi connectivity index (χ1n) is 7.34. The van der Waals surface area contributed by atoms with Crippen LogP contribution in [0.25, 0.3) is 16.9 Å². The van der Waals surface area contributed by atoms with E-state index in [0.717, 1.165) is 17.6 Å². The molecule has 0 amide bonds. The Kier molecular flexibility index (Phi) is 3.70. The zero-order chi connectivity index (χ0) is 15.7. The monoisotopic (exact) mass is 299 g/mol. The molecule has 3 aromatic heterocycles. The second-order valence-electron chi connectivity index (χ2n) is 6.89. The summed E-state index contributed by atoms with van der Waals surface area (Å²) in [6, 6.07) is 3.96. The molecule has 0 unspecified atom stereocenters.